The van der Waals surface area contributed by atoms with Crippen molar-refractivity contribution >= 4 is 15.9 Å². The summed E-state index contributed by atoms with van der Waals surface area (Å²) < 4.78 is 28.4. The number of carbonyl (C=O) groups is 1. The fourth-order valence-corrected chi connectivity index (χ4v) is 5.86. The van der Waals surface area contributed by atoms with E-state index in [0.717, 1.165) is 17.1 Å². The second-order valence-corrected chi connectivity index (χ2v) is 8.82. The molecule has 7 nitrogen and oxygen atoms in total. The summed E-state index contributed by atoms with van der Waals surface area (Å²) in [5.74, 6) is -0.529. The predicted molar refractivity (Wildman–Crippen MR) is 79.1 cm³/mol. The van der Waals surface area contributed by atoms with Gasteiger partial charge in [-0.05, 0) is 38.5 Å². The lowest BCUT2D eigenvalue weighted by Crippen LogP contribution is -2.37. The molecule has 2 fully saturated rings. The Balaban J connectivity index is 1.80. The van der Waals surface area contributed by atoms with E-state index >= 15 is 0 Å². The highest BCUT2D eigenvalue weighted by atomic mass is 32.2. The number of imidazole rings is 1. The molecular formula is C14H19N3O4S. The molecule has 3 heterocycles. The van der Waals surface area contributed by atoms with Crippen LogP contribution in [0.4, 0.5) is 0 Å². The van der Waals surface area contributed by atoms with Gasteiger partial charge in [0, 0.05) is 20.1 Å². The largest absolute Gasteiger partial charge is 0.328 e. The molecule has 0 atom stereocenters. The van der Waals surface area contributed by atoms with Gasteiger partial charge in [-0.15, -0.1) is 0 Å². The Morgan fingerprint density at radius 3 is 2.50 bits per heavy atom. The minimum absolute atomic E-state index is 0.226. The smallest absolute Gasteiger partial charge is 0.296 e. The monoisotopic (exact) mass is 325 g/mol. The SMILES string of the molecule is Cn1c(C(=O)N2CCC3(CC3)S2(=O)=O)c2n(c1=O)CCCC2. The minimum Gasteiger partial charge on any atom is -0.296 e. The number of aromatic nitrogens is 2. The first-order chi connectivity index (χ1) is 10.4. The van der Waals surface area contributed by atoms with Crippen molar-refractivity contribution in [2.45, 2.75) is 49.8 Å². The third-order valence-corrected chi connectivity index (χ3v) is 7.98. The predicted octanol–water partition coefficient (Wildman–Crippen LogP) is 0.231. The Morgan fingerprint density at radius 2 is 1.86 bits per heavy atom. The number of carbonyl (C=O) groups excluding carboxylic acids is 1. The summed E-state index contributed by atoms with van der Waals surface area (Å²) >= 11 is 0. The van der Waals surface area contributed by atoms with Crippen LogP contribution in [0.5, 0.6) is 0 Å². The Labute approximate surface area is 128 Å². The maximum atomic E-state index is 12.9. The molecule has 1 spiro atoms. The summed E-state index contributed by atoms with van der Waals surface area (Å²) in [6.07, 6.45) is 4.29. The van der Waals surface area contributed by atoms with Crippen molar-refractivity contribution in [2.75, 3.05) is 6.54 Å². The lowest BCUT2D eigenvalue weighted by Gasteiger charge is -2.19. The van der Waals surface area contributed by atoms with Gasteiger partial charge in [0.15, 0.2) is 0 Å². The molecule has 3 aliphatic rings. The topological polar surface area (TPSA) is 81.4 Å². The Kier molecular flexibility index (Phi) is 2.71. The molecule has 1 aliphatic carbocycles. The number of amides is 1. The number of hydrogen-bond donors (Lipinski definition) is 0. The molecule has 2 aliphatic heterocycles. The highest BCUT2D eigenvalue weighted by molar-refractivity contribution is 7.91. The van der Waals surface area contributed by atoms with Crippen LogP contribution in [0.3, 0.4) is 0 Å². The van der Waals surface area contributed by atoms with Crippen molar-refractivity contribution in [3.05, 3.63) is 21.9 Å². The van der Waals surface area contributed by atoms with Crippen LogP contribution in [0.15, 0.2) is 4.79 Å². The molecule has 22 heavy (non-hydrogen) atoms. The zero-order valence-electron chi connectivity index (χ0n) is 12.5. The van der Waals surface area contributed by atoms with Gasteiger partial charge in [-0.3, -0.25) is 13.9 Å². The zero-order chi connectivity index (χ0) is 15.7. The summed E-state index contributed by atoms with van der Waals surface area (Å²) in [6, 6.07) is 0. The number of nitrogens with zero attached hydrogens (tertiary/aromatic N) is 3. The van der Waals surface area contributed by atoms with Gasteiger partial charge in [0.1, 0.15) is 5.69 Å². The van der Waals surface area contributed by atoms with Crippen LogP contribution >= 0.6 is 0 Å². The van der Waals surface area contributed by atoms with E-state index in [1.54, 1.807) is 11.6 Å². The first-order valence-corrected chi connectivity index (χ1v) is 9.18. The quantitative estimate of drug-likeness (QED) is 0.740. The van der Waals surface area contributed by atoms with E-state index in [0.29, 0.717) is 37.9 Å². The van der Waals surface area contributed by atoms with Gasteiger partial charge in [0.25, 0.3) is 5.91 Å². The zero-order valence-corrected chi connectivity index (χ0v) is 13.4. The molecule has 0 unspecified atom stereocenters. The Morgan fingerprint density at radius 1 is 1.14 bits per heavy atom. The molecule has 0 radical (unpaired) electrons. The van der Waals surface area contributed by atoms with E-state index in [4.69, 9.17) is 0 Å². The molecule has 8 heteroatoms. The average molecular weight is 325 g/mol. The molecule has 0 aromatic carbocycles. The molecule has 1 aromatic heterocycles. The molecule has 0 N–H and O–H groups in total. The second-order valence-electron chi connectivity index (χ2n) is 6.56. The summed E-state index contributed by atoms with van der Waals surface area (Å²) in [6.45, 7) is 0.839. The third kappa shape index (κ3) is 1.59. The molecule has 1 amide bonds. The number of rotatable bonds is 1. The van der Waals surface area contributed by atoms with Gasteiger partial charge >= 0.3 is 5.69 Å². The van der Waals surface area contributed by atoms with Gasteiger partial charge < -0.3 is 0 Å². The lowest BCUT2D eigenvalue weighted by molar-refractivity contribution is 0.0859. The maximum absolute atomic E-state index is 12.9. The summed E-state index contributed by atoms with van der Waals surface area (Å²) in [5.41, 5.74) is 0.720. The normalized spacial score (nSPS) is 24.5. The number of hydrogen-bond acceptors (Lipinski definition) is 4. The minimum atomic E-state index is -3.58. The molecular weight excluding hydrogens is 306 g/mol. The molecule has 1 saturated carbocycles. The van der Waals surface area contributed by atoms with Gasteiger partial charge in [-0.25, -0.2) is 17.5 Å². The average Bonchev–Trinajstić information content (AvgIpc) is 3.18. The van der Waals surface area contributed by atoms with Crippen LogP contribution in [0.25, 0.3) is 0 Å². The Hall–Kier alpha value is -1.57. The second kappa shape index (κ2) is 4.24. The standard InChI is InChI=1S/C14H19N3O4S/c1-15-11(10-4-2-3-8-16(10)13(15)19)12(18)17-9-7-14(5-6-14)22(17,20)21/h2-9H2,1H3. The van der Waals surface area contributed by atoms with Crippen molar-refractivity contribution in [3.8, 4) is 0 Å². The van der Waals surface area contributed by atoms with Crippen molar-refractivity contribution in [1.82, 2.24) is 13.4 Å². The van der Waals surface area contributed by atoms with Crippen LogP contribution in [-0.4, -0.2) is 39.1 Å². The maximum Gasteiger partial charge on any atom is 0.328 e. The summed E-state index contributed by atoms with van der Waals surface area (Å²) in [7, 11) is -2.02. The van der Waals surface area contributed by atoms with Gasteiger partial charge in [0.2, 0.25) is 10.0 Å². The number of sulfonamides is 1. The van der Waals surface area contributed by atoms with E-state index in [1.807, 2.05) is 0 Å². The van der Waals surface area contributed by atoms with E-state index in [1.165, 1.54) is 4.57 Å². The van der Waals surface area contributed by atoms with E-state index in [2.05, 4.69) is 0 Å². The van der Waals surface area contributed by atoms with E-state index in [-0.39, 0.29) is 17.9 Å². The van der Waals surface area contributed by atoms with Gasteiger partial charge in [-0.2, -0.15) is 0 Å². The molecule has 1 aromatic rings. The Bertz CT molecular complexity index is 829. The van der Waals surface area contributed by atoms with Crippen LogP contribution in [0, 0.1) is 0 Å². The fraction of sp³-hybridized carbons (Fsp3) is 0.714. The van der Waals surface area contributed by atoms with Crippen LogP contribution in [-0.2, 0) is 30.0 Å². The van der Waals surface area contributed by atoms with Crippen molar-refractivity contribution in [2.24, 2.45) is 7.05 Å². The molecule has 1 saturated heterocycles. The van der Waals surface area contributed by atoms with Crippen molar-refractivity contribution in [3.63, 3.8) is 0 Å². The number of fused-ring (bicyclic) bond motifs is 1. The van der Waals surface area contributed by atoms with Crippen molar-refractivity contribution in [1.29, 1.82) is 0 Å². The van der Waals surface area contributed by atoms with Crippen molar-refractivity contribution < 1.29 is 13.2 Å². The molecule has 0 bridgehead atoms. The first-order valence-electron chi connectivity index (χ1n) is 7.74. The highest BCUT2D eigenvalue weighted by Crippen LogP contribution is 2.52. The summed E-state index contributed by atoms with van der Waals surface area (Å²) in [4.78, 5) is 25.1. The molecule has 120 valence electrons. The lowest BCUT2D eigenvalue weighted by atomic mass is 10.1. The fourth-order valence-electron chi connectivity index (χ4n) is 3.79. The van der Waals surface area contributed by atoms with E-state index < -0.39 is 20.7 Å². The third-order valence-electron chi connectivity index (χ3n) is 5.34. The molecule has 4 rings (SSSR count). The van der Waals surface area contributed by atoms with Crippen LogP contribution < -0.4 is 5.69 Å². The highest BCUT2D eigenvalue weighted by Gasteiger charge is 2.62. The van der Waals surface area contributed by atoms with E-state index in [9.17, 15) is 18.0 Å². The van der Waals surface area contributed by atoms with Gasteiger partial charge in [-0.1, -0.05) is 0 Å². The summed E-state index contributed by atoms with van der Waals surface area (Å²) in [5, 5.41) is 0. The van der Waals surface area contributed by atoms with Gasteiger partial charge in [0.05, 0.1) is 10.4 Å². The first kappa shape index (κ1) is 14.0. The van der Waals surface area contributed by atoms with Crippen LogP contribution in [0.1, 0.15) is 48.3 Å². The van der Waals surface area contributed by atoms with Crippen LogP contribution in [0.2, 0.25) is 0 Å².